The summed E-state index contributed by atoms with van der Waals surface area (Å²) in [7, 11) is 0. The number of hydrogen-bond donors (Lipinski definition) is 2. The van der Waals surface area contributed by atoms with Gasteiger partial charge in [-0.25, -0.2) is 0 Å². The maximum Gasteiger partial charge on any atom is 0.241 e. The Balaban J connectivity index is 1.98. The quantitative estimate of drug-likeness (QED) is 0.853. The van der Waals surface area contributed by atoms with Crippen LogP contribution in [0.15, 0.2) is 28.7 Å². The van der Waals surface area contributed by atoms with Crippen LogP contribution in [-0.2, 0) is 16.1 Å². The van der Waals surface area contributed by atoms with Crippen molar-refractivity contribution >= 4 is 21.8 Å². The second-order valence-corrected chi connectivity index (χ2v) is 7.07. The van der Waals surface area contributed by atoms with Crippen molar-refractivity contribution in [1.29, 1.82) is 0 Å². The van der Waals surface area contributed by atoms with Crippen LogP contribution in [0.4, 0.5) is 0 Å². The largest absolute Gasteiger partial charge is 0.378 e. The number of nitrogens with two attached hydrogens (primary N) is 1. The molecule has 0 aliphatic heterocycles. The van der Waals surface area contributed by atoms with Gasteiger partial charge in [-0.2, -0.15) is 0 Å². The van der Waals surface area contributed by atoms with Crippen LogP contribution in [0.3, 0.4) is 0 Å². The van der Waals surface area contributed by atoms with Gasteiger partial charge in [0.15, 0.2) is 0 Å². The summed E-state index contributed by atoms with van der Waals surface area (Å²) < 4.78 is 6.65. The zero-order chi connectivity index (χ0) is 15.7. The van der Waals surface area contributed by atoms with Crippen LogP contribution in [0.1, 0.15) is 32.8 Å². The van der Waals surface area contributed by atoms with Gasteiger partial charge < -0.3 is 15.8 Å². The summed E-state index contributed by atoms with van der Waals surface area (Å²) in [5.74, 6) is -0.108. The first-order valence-electron chi connectivity index (χ1n) is 7.24. The lowest BCUT2D eigenvalue weighted by molar-refractivity contribution is -0.170. The Labute approximate surface area is 134 Å². The molecule has 1 aromatic carbocycles. The number of amides is 1. The second-order valence-electron chi connectivity index (χ2n) is 6.15. The van der Waals surface area contributed by atoms with Crippen molar-refractivity contribution in [1.82, 2.24) is 5.32 Å². The van der Waals surface area contributed by atoms with E-state index in [0.717, 1.165) is 10.0 Å². The molecule has 0 heterocycles. The molecule has 1 aliphatic carbocycles. The normalized spacial score (nSPS) is 27.0. The van der Waals surface area contributed by atoms with E-state index in [0.29, 0.717) is 19.6 Å². The third kappa shape index (κ3) is 3.00. The minimum atomic E-state index is -0.862. The third-order valence-electron chi connectivity index (χ3n) is 4.58. The maximum absolute atomic E-state index is 12.5. The van der Waals surface area contributed by atoms with Crippen LogP contribution >= 0.6 is 15.9 Å². The summed E-state index contributed by atoms with van der Waals surface area (Å²) >= 11 is 3.42. The average molecular weight is 355 g/mol. The predicted molar refractivity (Wildman–Crippen MR) is 86.7 cm³/mol. The molecule has 21 heavy (non-hydrogen) atoms. The van der Waals surface area contributed by atoms with Gasteiger partial charge in [0.2, 0.25) is 5.91 Å². The highest BCUT2D eigenvalue weighted by Crippen LogP contribution is 2.49. The van der Waals surface area contributed by atoms with E-state index in [-0.39, 0.29) is 17.4 Å². The average Bonchev–Trinajstić information content (AvgIpc) is 2.44. The van der Waals surface area contributed by atoms with Gasteiger partial charge in [0, 0.05) is 29.5 Å². The van der Waals surface area contributed by atoms with Crippen molar-refractivity contribution < 1.29 is 9.53 Å². The first-order valence-corrected chi connectivity index (χ1v) is 8.04. The van der Waals surface area contributed by atoms with Crippen molar-refractivity contribution in [2.24, 2.45) is 11.1 Å². The Morgan fingerprint density at radius 3 is 2.81 bits per heavy atom. The van der Waals surface area contributed by atoms with Crippen molar-refractivity contribution in [2.45, 2.75) is 45.4 Å². The van der Waals surface area contributed by atoms with E-state index in [9.17, 15) is 4.79 Å². The minimum Gasteiger partial charge on any atom is -0.378 e. The summed E-state index contributed by atoms with van der Waals surface area (Å²) in [6, 6.07) is 7.86. The molecule has 0 spiro atoms. The summed E-state index contributed by atoms with van der Waals surface area (Å²) in [4.78, 5) is 12.5. The molecule has 2 rings (SSSR count). The van der Waals surface area contributed by atoms with Crippen LogP contribution in [0.25, 0.3) is 0 Å². The smallest absolute Gasteiger partial charge is 0.241 e. The monoisotopic (exact) mass is 354 g/mol. The van der Waals surface area contributed by atoms with E-state index in [1.807, 2.05) is 45.0 Å². The van der Waals surface area contributed by atoms with Crippen molar-refractivity contribution in [2.75, 3.05) is 6.61 Å². The second kappa shape index (κ2) is 6.07. The van der Waals surface area contributed by atoms with Crippen molar-refractivity contribution in [3.63, 3.8) is 0 Å². The highest BCUT2D eigenvalue weighted by Gasteiger charge is 2.62. The van der Waals surface area contributed by atoms with Crippen molar-refractivity contribution in [3.05, 3.63) is 34.3 Å². The molecule has 2 unspecified atom stereocenters. The Morgan fingerprint density at radius 2 is 2.24 bits per heavy atom. The number of halogens is 1. The fraction of sp³-hybridized carbons (Fsp3) is 0.562. The number of rotatable bonds is 5. The Bertz CT molecular complexity index is 533. The predicted octanol–water partition coefficient (Wildman–Crippen LogP) is 2.60. The van der Waals surface area contributed by atoms with Gasteiger partial charge in [0.25, 0.3) is 0 Å². The van der Waals surface area contributed by atoms with Gasteiger partial charge >= 0.3 is 0 Å². The zero-order valence-electron chi connectivity index (χ0n) is 12.8. The Morgan fingerprint density at radius 1 is 1.52 bits per heavy atom. The number of hydrogen-bond acceptors (Lipinski definition) is 3. The number of ether oxygens (including phenoxy) is 1. The summed E-state index contributed by atoms with van der Waals surface area (Å²) in [6.45, 7) is 7.07. The molecule has 1 saturated carbocycles. The molecule has 1 fully saturated rings. The lowest BCUT2D eigenvalue weighted by Crippen LogP contribution is -2.75. The van der Waals surface area contributed by atoms with Crippen LogP contribution in [0, 0.1) is 5.41 Å². The van der Waals surface area contributed by atoms with Crippen LogP contribution in [-0.4, -0.2) is 24.2 Å². The van der Waals surface area contributed by atoms with Gasteiger partial charge in [-0.3, -0.25) is 4.79 Å². The first-order chi connectivity index (χ1) is 9.81. The molecule has 5 heteroatoms. The highest BCUT2D eigenvalue weighted by atomic mass is 79.9. The molecular formula is C16H23BrN2O2. The molecule has 0 saturated heterocycles. The molecule has 3 N–H and O–H groups in total. The molecule has 0 aromatic heterocycles. The molecule has 116 valence electrons. The molecule has 2 atom stereocenters. The van der Waals surface area contributed by atoms with Gasteiger partial charge in [-0.05, 0) is 24.6 Å². The lowest BCUT2D eigenvalue weighted by Gasteiger charge is -2.57. The first kappa shape index (κ1) is 16.5. The van der Waals surface area contributed by atoms with E-state index in [1.54, 1.807) is 0 Å². The van der Waals surface area contributed by atoms with Crippen LogP contribution < -0.4 is 11.1 Å². The number of carbonyl (C=O) groups excluding carboxylic acids is 1. The number of carbonyl (C=O) groups is 1. The van der Waals surface area contributed by atoms with Crippen LogP contribution in [0.2, 0.25) is 0 Å². The summed E-state index contributed by atoms with van der Waals surface area (Å²) in [5, 5.41) is 2.95. The van der Waals surface area contributed by atoms with Gasteiger partial charge in [0.1, 0.15) is 5.54 Å². The van der Waals surface area contributed by atoms with Gasteiger partial charge in [0.05, 0.1) is 6.10 Å². The summed E-state index contributed by atoms with van der Waals surface area (Å²) in [5.41, 5.74) is 6.16. The molecule has 4 nitrogen and oxygen atoms in total. The maximum atomic E-state index is 12.5. The highest BCUT2D eigenvalue weighted by molar-refractivity contribution is 9.10. The summed E-state index contributed by atoms with van der Waals surface area (Å²) in [6.07, 6.45) is 0.613. The van der Waals surface area contributed by atoms with Gasteiger partial charge in [-0.15, -0.1) is 0 Å². The molecule has 0 radical (unpaired) electrons. The Kier molecular flexibility index (Phi) is 4.76. The molecule has 1 amide bonds. The lowest BCUT2D eigenvalue weighted by atomic mass is 9.54. The van der Waals surface area contributed by atoms with E-state index in [2.05, 4.69) is 21.2 Å². The molecule has 1 aromatic rings. The zero-order valence-corrected chi connectivity index (χ0v) is 14.4. The van der Waals surface area contributed by atoms with Crippen LogP contribution in [0.5, 0.6) is 0 Å². The fourth-order valence-electron chi connectivity index (χ4n) is 2.81. The van der Waals surface area contributed by atoms with E-state index < -0.39 is 5.54 Å². The van der Waals surface area contributed by atoms with Gasteiger partial charge in [-0.1, -0.05) is 41.9 Å². The standard InChI is InChI=1S/C16H23BrN2O2/c1-4-21-13-9-16(18,15(13,2)3)14(20)19-10-11-6-5-7-12(17)8-11/h5-8,13H,4,9-10,18H2,1-3H3,(H,19,20). The Hall–Kier alpha value is -0.910. The van der Waals surface area contributed by atoms with E-state index in [4.69, 9.17) is 10.5 Å². The van der Waals surface area contributed by atoms with E-state index >= 15 is 0 Å². The number of benzene rings is 1. The molecule has 0 bridgehead atoms. The fourth-order valence-corrected chi connectivity index (χ4v) is 3.25. The van der Waals surface area contributed by atoms with E-state index in [1.165, 1.54) is 0 Å². The number of nitrogens with one attached hydrogen (secondary N) is 1. The topological polar surface area (TPSA) is 64.3 Å². The van der Waals surface area contributed by atoms with Crippen molar-refractivity contribution in [3.8, 4) is 0 Å². The SMILES string of the molecule is CCOC1CC(N)(C(=O)NCc2cccc(Br)c2)C1(C)C. The molecular weight excluding hydrogens is 332 g/mol. The third-order valence-corrected chi connectivity index (χ3v) is 5.07. The minimum absolute atomic E-state index is 0.0455. The molecule has 1 aliphatic rings.